The summed E-state index contributed by atoms with van der Waals surface area (Å²) in [6.07, 6.45) is 2.87. The van der Waals surface area contributed by atoms with E-state index in [1.807, 2.05) is 0 Å². The molecule has 1 fully saturated rings. The monoisotopic (exact) mass is 435 g/mol. The Kier molecular flexibility index (Phi) is 8.11. The molecule has 2 rings (SSSR count). The summed E-state index contributed by atoms with van der Waals surface area (Å²) in [6, 6.07) is 0. The third-order valence-corrected chi connectivity index (χ3v) is 5.53. The van der Waals surface area contributed by atoms with E-state index in [4.69, 9.17) is 9.47 Å². The van der Waals surface area contributed by atoms with E-state index in [0.717, 1.165) is 12.8 Å². The Morgan fingerprint density at radius 2 is 1.97 bits per heavy atom. The van der Waals surface area contributed by atoms with Gasteiger partial charge in [-0.25, -0.2) is 4.98 Å². The molecule has 9 heteroatoms. The van der Waals surface area contributed by atoms with Crippen molar-refractivity contribution in [2.24, 2.45) is 17.3 Å². The van der Waals surface area contributed by atoms with Gasteiger partial charge in [0.15, 0.2) is 0 Å². The van der Waals surface area contributed by atoms with E-state index in [9.17, 15) is 20.0 Å². The second kappa shape index (κ2) is 10.2. The van der Waals surface area contributed by atoms with E-state index in [1.54, 1.807) is 33.8 Å². The fraction of sp³-hybridized carbons (Fsp3) is 0.682. The average molecular weight is 436 g/mol. The number of carbonyl (C=O) groups excluding carboxylic acids is 1. The number of allylic oxidation sites excluding steroid dienone is 1. The molecule has 4 atom stereocenters. The van der Waals surface area contributed by atoms with Gasteiger partial charge in [-0.15, -0.1) is 6.58 Å². The summed E-state index contributed by atoms with van der Waals surface area (Å²) in [5.41, 5.74) is -0.662. The summed E-state index contributed by atoms with van der Waals surface area (Å²) in [6.45, 7) is 12.5. The van der Waals surface area contributed by atoms with Gasteiger partial charge in [0, 0.05) is 0 Å². The second-order valence-corrected chi connectivity index (χ2v) is 9.14. The molecular weight excluding hydrogens is 402 g/mol. The van der Waals surface area contributed by atoms with E-state index in [2.05, 4.69) is 16.5 Å². The van der Waals surface area contributed by atoms with Gasteiger partial charge in [0.2, 0.25) is 0 Å². The Balaban J connectivity index is 2.18. The number of esters is 1. The number of nitrogens with zero attached hydrogens (tertiary/aromatic N) is 3. The zero-order valence-electron chi connectivity index (χ0n) is 19.0. The van der Waals surface area contributed by atoms with Gasteiger partial charge in [0.25, 0.3) is 5.88 Å². The van der Waals surface area contributed by atoms with E-state index in [-0.39, 0.29) is 41.7 Å². The number of rotatable bonds is 9. The minimum absolute atomic E-state index is 0.0356. The molecule has 0 aromatic carbocycles. The van der Waals surface area contributed by atoms with Crippen molar-refractivity contribution in [3.8, 4) is 5.88 Å². The molecule has 1 aromatic heterocycles. The van der Waals surface area contributed by atoms with Gasteiger partial charge >= 0.3 is 11.7 Å². The summed E-state index contributed by atoms with van der Waals surface area (Å²) in [4.78, 5) is 31.2. The Morgan fingerprint density at radius 3 is 2.55 bits per heavy atom. The summed E-state index contributed by atoms with van der Waals surface area (Å²) in [5, 5.41) is 22.5. The van der Waals surface area contributed by atoms with Crippen molar-refractivity contribution in [1.82, 2.24) is 9.97 Å². The van der Waals surface area contributed by atoms with E-state index in [0.29, 0.717) is 18.7 Å². The van der Waals surface area contributed by atoms with Gasteiger partial charge in [0.05, 0.1) is 23.0 Å². The first-order valence-corrected chi connectivity index (χ1v) is 10.6. The number of aliphatic hydroxyl groups is 1. The number of carbonyl (C=O) groups is 1. The van der Waals surface area contributed by atoms with Crippen LogP contribution in [0.3, 0.4) is 0 Å². The predicted molar refractivity (Wildman–Crippen MR) is 115 cm³/mol. The molecule has 0 aliphatic heterocycles. The van der Waals surface area contributed by atoms with Crippen molar-refractivity contribution >= 4 is 11.7 Å². The first kappa shape index (κ1) is 24.7. The summed E-state index contributed by atoms with van der Waals surface area (Å²) in [5.74, 6) is -0.248. The van der Waals surface area contributed by atoms with Crippen LogP contribution in [0, 0.1) is 41.2 Å². The molecule has 0 unspecified atom stereocenters. The molecule has 0 radical (unpaired) electrons. The molecule has 9 nitrogen and oxygen atoms in total. The maximum Gasteiger partial charge on any atom is 0.351 e. The van der Waals surface area contributed by atoms with Crippen molar-refractivity contribution in [3.05, 3.63) is 34.3 Å². The van der Waals surface area contributed by atoms with Gasteiger partial charge in [-0.05, 0) is 72.1 Å². The van der Waals surface area contributed by atoms with E-state index < -0.39 is 22.5 Å². The van der Waals surface area contributed by atoms with Crippen molar-refractivity contribution in [3.63, 3.8) is 0 Å². The molecule has 31 heavy (non-hydrogen) atoms. The van der Waals surface area contributed by atoms with Crippen LogP contribution in [0.5, 0.6) is 5.88 Å². The van der Waals surface area contributed by atoms with Crippen molar-refractivity contribution in [2.45, 2.75) is 72.5 Å². The van der Waals surface area contributed by atoms with Crippen LogP contribution < -0.4 is 4.74 Å². The first-order valence-electron chi connectivity index (χ1n) is 10.6. The third kappa shape index (κ3) is 6.22. The Morgan fingerprint density at radius 1 is 1.29 bits per heavy atom. The van der Waals surface area contributed by atoms with Crippen LogP contribution in [0.15, 0.2) is 12.7 Å². The lowest BCUT2D eigenvalue weighted by molar-refractivity contribution is -0.387. The molecular formula is C22H33N3O6. The zero-order valence-corrected chi connectivity index (χ0v) is 19.0. The average Bonchev–Trinajstić information content (AvgIpc) is 2.93. The predicted octanol–water partition coefficient (Wildman–Crippen LogP) is 3.69. The highest BCUT2D eigenvalue weighted by atomic mass is 16.6. The maximum atomic E-state index is 12.0. The smallest absolute Gasteiger partial charge is 0.351 e. The van der Waals surface area contributed by atoms with Gasteiger partial charge < -0.3 is 14.6 Å². The van der Waals surface area contributed by atoms with Crippen LogP contribution in [0.1, 0.15) is 58.0 Å². The molecule has 0 amide bonds. The molecule has 0 spiro atoms. The van der Waals surface area contributed by atoms with Crippen LogP contribution in [0.25, 0.3) is 0 Å². The molecule has 1 saturated carbocycles. The SMILES string of the molecule is C=CCC[C@H]1C[C@H](CCOC(=O)C(C)(C)C)[C@@H](O)[C@H]1Oc1nc(C)nc(C)c1[N+](=O)[O-]. The van der Waals surface area contributed by atoms with E-state index in [1.165, 1.54) is 6.92 Å². The van der Waals surface area contributed by atoms with Crippen LogP contribution >= 0.6 is 0 Å². The molecule has 0 bridgehead atoms. The molecule has 1 aromatic rings. The highest BCUT2D eigenvalue weighted by Gasteiger charge is 2.44. The van der Waals surface area contributed by atoms with Gasteiger partial charge in [-0.2, -0.15) is 4.98 Å². The van der Waals surface area contributed by atoms with Gasteiger partial charge in [-0.3, -0.25) is 14.9 Å². The van der Waals surface area contributed by atoms with Crippen LogP contribution in [0.2, 0.25) is 0 Å². The van der Waals surface area contributed by atoms with Crippen molar-refractivity contribution in [2.75, 3.05) is 6.61 Å². The fourth-order valence-corrected chi connectivity index (χ4v) is 3.89. The zero-order chi connectivity index (χ0) is 23.3. The number of aromatic nitrogens is 2. The van der Waals surface area contributed by atoms with Crippen LogP contribution in [-0.2, 0) is 9.53 Å². The summed E-state index contributed by atoms with van der Waals surface area (Å²) >= 11 is 0. The lowest BCUT2D eigenvalue weighted by Gasteiger charge is -2.24. The number of hydrogen-bond donors (Lipinski definition) is 1. The van der Waals surface area contributed by atoms with Gasteiger partial charge in [-0.1, -0.05) is 6.08 Å². The number of aliphatic hydroxyl groups excluding tert-OH is 1. The Hall–Kier alpha value is -2.55. The number of hydrogen-bond acceptors (Lipinski definition) is 8. The normalized spacial score (nSPS) is 23.4. The minimum Gasteiger partial charge on any atom is -0.466 e. The number of nitro groups is 1. The third-order valence-electron chi connectivity index (χ3n) is 5.53. The molecule has 1 aliphatic carbocycles. The highest BCUT2D eigenvalue weighted by molar-refractivity contribution is 5.75. The van der Waals surface area contributed by atoms with Crippen LogP contribution in [0.4, 0.5) is 5.69 Å². The highest BCUT2D eigenvalue weighted by Crippen LogP contribution is 2.40. The molecule has 172 valence electrons. The lowest BCUT2D eigenvalue weighted by Crippen LogP contribution is -2.35. The second-order valence-electron chi connectivity index (χ2n) is 9.14. The van der Waals surface area contributed by atoms with Crippen LogP contribution in [-0.4, -0.2) is 44.8 Å². The van der Waals surface area contributed by atoms with Gasteiger partial charge in [0.1, 0.15) is 17.6 Å². The molecule has 1 heterocycles. The standard InChI is InChI=1S/C22H33N3O6/c1-7-8-9-16-12-15(10-11-30-21(27)22(4,5)6)18(26)19(16)31-20-17(25(28)29)13(2)23-14(3)24-20/h7,15-16,18-19,26H,1,8-12H2,2-6H3/t15-,16-,18+,19-/m0/s1. The Labute approximate surface area is 183 Å². The number of ether oxygens (including phenoxy) is 2. The van der Waals surface area contributed by atoms with Crippen molar-refractivity contribution < 1.29 is 24.3 Å². The lowest BCUT2D eigenvalue weighted by atomic mass is 9.97. The first-order chi connectivity index (χ1) is 14.5. The van der Waals surface area contributed by atoms with Crippen molar-refractivity contribution in [1.29, 1.82) is 0 Å². The summed E-state index contributed by atoms with van der Waals surface area (Å²) < 4.78 is 11.3. The molecule has 1 N–H and O–H groups in total. The minimum atomic E-state index is -0.863. The number of aryl methyl sites for hydroxylation is 2. The fourth-order valence-electron chi connectivity index (χ4n) is 3.89. The molecule has 0 saturated heterocycles. The largest absolute Gasteiger partial charge is 0.466 e. The topological polar surface area (TPSA) is 125 Å². The van der Waals surface area contributed by atoms with E-state index >= 15 is 0 Å². The quantitative estimate of drug-likeness (QED) is 0.269. The maximum absolute atomic E-state index is 12.0. The summed E-state index contributed by atoms with van der Waals surface area (Å²) in [7, 11) is 0. The Bertz CT molecular complexity index is 820. The molecule has 1 aliphatic rings.